The molecule has 150 valence electrons. The molecule has 0 amide bonds. The molecule has 1 aromatic heterocycles. The zero-order valence-corrected chi connectivity index (χ0v) is 17.0. The number of ether oxygens (including phenoxy) is 2. The molecule has 3 rings (SSSR count). The van der Waals surface area contributed by atoms with Crippen LogP contribution in [0.15, 0.2) is 52.9 Å². The third kappa shape index (κ3) is 4.50. The van der Waals surface area contributed by atoms with Crippen molar-refractivity contribution < 1.29 is 13.9 Å². The molecule has 0 spiro atoms. The molecule has 1 heterocycles. The monoisotopic (exact) mass is 392 g/mol. The first-order valence-electron chi connectivity index (χ1n) is 9.16. The average Bonchev–Trinajstić information content (AvgIpc) is 3.17. The molecule has 3 aromatic rings. The van der Waals surface area contributed by atoms with Gasteiger partial charge in [0.15, 0.2) is 0 Å². The third-order valence-corrected chi connectivity index (χ3v) is 4.65. The summed E-state index contributed by atoms with van der Waals surface area (Å²) in [6.07, 6.45) is 0. The SMILES string of the molecule is COc1ccc(-c2nc(C#N)c(NCC(c3ccccc3OC)N(C)C)o2)cc1. The number of hydrogen-bond acceptors (Lipinski definition) is 7. The summed E-state index contributed by atoms with van der Waals surface area (Å²) in [5.41, 5.74) is 2.03. The number of nitrogens with zero attached hydrogens (tertiary/aromatic N) is 3. The first kappa shape index (κ1) is 20.2. The minimum atomic E-state index is 0.00669. The van der Waals surface area contributed by atoms with E-state index in [0.717, 1.165) is 22.6 Å². The van der Waals surface area contributed by atoms with Gasteiger partial charge in [0.1, 0.15) is 17.6 Å². The van der Waals surface area contributed by atoms with Crippen LogP contribution in [0.2, 0.25) is 0 Å². The predicted molar refractivity (Wildman–Crippen MR) is 111 cm³/mol. The summed E-state index contributed by atoms with van der Waals surface area (Å²) in [5, 5.41) is 12.7. The molecule has 2 aromatic carbocycles. The summed E-state index contributed by atoms with van der Waals surface area (Å²) < 4.78 is 16.5. The van der Waals surface area contributed by atoms with Gasteiger partial charge in [-0.15, -0.1) is 0 Å². The summed E-state index contributed by atoms with van der Waals surface area (Å²) in [7, 11) is 7.25. The zero-order chi connectivity index (χ0) is 20.8. The Morgan fingerprint density at radius 3 is 2.45 bits per heavy atom. The Labute approximate surface area is 170 Å². The van der Waals surface area contributed by atoms with Gasteiger partial charge >= 0.3 is 0 Å². The van der Waals surface area contributed by atoms with Crippen molar-refractivity contribution in [1.29, 1.82) is 5.26 Å². The second-order valence-electron chi connectivity index (χ2n) is 6.64. The number of nitrogens with one attached hydrogen (secondary N) is 1. The van der Waals surface area contributed by atoms with Gasteiger partial charge in [-0.1, -0.05) is 18.2 Å². The van der Waals surface area contributed by atoms with E-state index in [1.165, 1.54) is 0 Å². The van der Waals surface area contributed by atoms with E-state index in [4.69, 9.17) is 13.9 Å². The van der Waals surface area contributed by atoms with Crippen molar-refractivity contribution in [2.45, 2.75) is 6.04 Å². The minimum Gasteiger partial charge on any atom is -0.497 e. The molecule has 0 aliphatic carbocycles. The van der Waals surface area contributed by atoms with Crippen molar-refractivity contribution >= 4 is 5.88 Å². The second-order valence-corrected chi connectivity index (χ2v) is 6.64. The molecule has 1 atom stereocenters. The summed E-state index contributed by atoms with van der Waals surface area (Å²) >= 11 is 0. The van der Waals surface area contributed by atoms with Crippen LogP contribution in [0.25, 0.3) is 11.5 Å². The van der Waals surface area contributed by atoms with E-state index in [0.29, 0.717) is 18.3 Å². The van der Waals surface area contributed by atoms with Crippen LogP contribution in [0.4, 0.5) is 5.88 Å². The summed E-state index contributed by atoms with van der Waals surface area (Å²) in [6.45, 7) is 0.513. The van der Waals surface area contributed by atoms with E-state index in [2.05, 4.69) is 21.3 Å². The van der Waals surface area contributed by atoms with Crippen LogP contribution in [-0.4, -0.2) is 44.7 Å². The van der Waals surface area contributed by atoms with E-state index in [-0.39, 0.29) is 11.7 Å². The van der Waals surface area contributed by atoms with Gasteiger partial charge in [0.2, 0.25) is 17.5 Å². The van der Waals surface area contributed by atoms with Crippen molar-refractivity contribution in [1.82, 2.24) is 9.88 Å². The highest BCUT2D eigenvalue weighted by Crippen LogP contribution is 2.30. The fourth-order valence-electron chi connectivity index (χ4n) is 3.07. The normalized spacial score (nSPS) is 11.7. The Balaban J connectivity index is 1.83. The van der Waals surface area contributed by atoms with E-state index in [1.807, 2.05) is 62.6 Å². The number of likely N-dealkylation sites (N-methyl/N-ethyl adjacent to an activating group) is 1. The predicted octanol–water partition coefficient (Wildman–Crippen LogP) is 3.95. The maximum Gasteiger partial charge on any atom is 0.232 e. The third-order valence-electron chi connectivity index (χ3n) is 4.65. The number of oxazole rings is 1. The molecule has 0 saturated carbocycles. The highest BCUT2D eigenvalue weighted by molar-refractivity contribution is 5.59. The quantitative estimate of drug-likeness (QED) is 0.621. The number of benzene rings is 2. The van der Waals surface area contributed by atoms with Gasteiger partial charge in [0, 0.05) is 17.7 Å². The Hall–Kier alpha value is -3.50. The summed E-state index contributed by atoms with van der Waals surface area (Å²) in [5.74, 6) is 2.28. The van der Waals surface area contributed by atoms with Crippen LogP contribution in [0.1, 0.15) is 17.3 Å². The minimum absolute atomic E-state index is 0.00669. The van der Waals surface area contributed by atoms with Gasteiger partial charge in [0.25, 0.3) is 0 Å². The number of methoxy groups -OCH3 is 2. The van der Waals surface area contributed by atoms with E-state index < -0.39 is 0 Å². The molecule has 29 heavy (non-hydrogen) atoms. The molecule has 1 N–H and O–H groups in total. The number of rotatable bonds is 8. The number of nitriles is 1. The maximum atomic E-state index is 9.47. The molecule has 0 fully saturated rings. The average molecular weight is 392 g/mol. The fourth-order valence-corrected chi connectivity index (χ4v) is 3.07. The molecule has 0 saturated heterocycles. The van der Waals surface area contributed by atoms with Crippen LogP contribution in [0.5, 0.6) is 11.5 Å². The number of anilines is 1. The van der Waals surface area contributed by atoms with Crippen LogP contribution in [0.3, 0.4) is 0 Å². The van der Waals surface area contributed by atoms with E-state index >= 15 is 0 Å². The van der Waals surface area contributed by atoms with Crippen LogP contribution in [0, 0.1) is 11.3 Å². The highest BCUT2D eigenvalue weighted by atomic mass is 16.5. The lowest BCUT2D eigenvalue weighted by atomic mass is 10.0. The number of aromatic nitrogens is 1. The van der Waals surface area contributed by atoms with Crippen molar-refractivity contribution in [3.8, 4) is 29.0 Å². The molecule has 7 heteroatoms. The standard InChI is InChI=1S/C22H24N4O3/c1-26(2)19(17-7-5-6-8-20(17)28-4)14-24-22-18(13-23)25-21(29-22)15-9-11-16(27-3)12-10-15/h5-12,19,24H,14H2,1-4H3. The molecule has 0 aliphatic rings. The molecular formula is C22H24N4O3. The molecule has 7 nitrogen and oxygen atoms in total. The van der Waals surface area contributed by atoms with Gasteiger partial charge in [-0.05, 0) is 44.4 Å². The fraction of sp³-hybridized carbons (Fsp3) is 0.273. The molecule has 1 unspecified atom stereocenters. The Morgan fingerprint density at radius 2 is 1.83 bits per heavy atom. The second kappa shape index (κ2) is 9.13. The van der Waals surface area contributed by atoms with Gasteiger partial charge in [-0.25, -0.2) is 0 Å². The first-order valence-corrected chi connectivity index (χ1v) is 9.16. The smallest absolute Gasteiger partial charge is 0.232 e. The lowest BCUT2D eigenvalue weighted by Crippen LogP contribution is -2.27. The molecular weight excluding hydrogens is 368 g/mol. The molecule has 0 bridgehead atoms. The maximum absolute atomic E-state index is 9.47. The highest BCUT2D eigenvalue weighted by Gasteiger charge is 2.21. The lowest BCUT2D eigenvalue weighted by molar-refractivity contribution is 0.299. The lowest BCUT2D eigenvalue weighted by Gasteiger charge is -2.26. The van der Waals surface area contributed by atoms with Crippen molar-refractivity contribution in [2.24, 2.45) is 0 Å². The summed E-state index contributed by atoms with van der Waals surface area (Å²) in [6, 6.07) is 17.3. The number of hydrogen-bond donors (Lipinski definition) is 1. The van der Waals surface area contributed by atoms with Gasteiger partial charge < -0.3 is 24.1 Å². The zero-order valence-electron chi connectivity index (χ0n) is 17.0. The van der Waals surface area contributed by atoms with E-state index in [9.17, 15) is 5.26 Å². The largest absolute Gasteiger partial charge is 0.497 e. The van der Waals surface area contributed by atoms with Crippen molar-refractivity contribution in [2.75, 3.05) is 40.2 Å². The number of para-hydroxylation sites is 1. The van der Waals surface area contributed by atoms with Crippen molar-refractivity contribution in [3.63, 3.8) is 0 Å². The van der Waals surface area contributed by atoms with Gasteiger partial charge in [0.05, 0.1) is 20.3 Å². The van der Waals surface area contributed by atoms with Crippen LogP contribution >= 0.6 is 0 Å². The Morgan fingerprint density at radius 1 is 1.10 bits per heavy atom. The summed E-state index contributed by atoms with van der Waals surface area (Å²) in [4.78, 5) is 6.40. The van der Waals surface area contributed by atoms with E-state index in [1.54, 1.807) is 14.2 Å². The molecule has 0 radical (unpaired) electrons. The Kier molecular flexibility index (Phi) is 6.37. The van der Waals surface area contributed by atoms with Gasteiger partial charge in [-0.3, -0.25) is 0 Å². The molecule has 0 aliphatic heterocycles. The van der Waals surface area contributed by atoms with Crippen molar-refractivity contribution in [3.05, 3.63) is 59.8 Å². The first-order chi connectivity index (χ1) is 14.1. The topological polar surface area (TPSA) is 83.5 Å². The Bertz CT molecular complexity index is 990. The van der Waals surface area contributed by atoms with Crippen LogP contribution < -0.4 is 14.8 Å². The van der Waals surface area contributed by atoms with Gasteiger partial charge in [-0.2, -0.15) is 10.2 Å². The van der Waals surface area contributed by atoms with Crippen LogP contribution in [-0.2, 0) is 0 Å².